The first-order valence-corrected chi connectivity index (χ1v) is 9.86. The van der Waals surface area contributed by atoms with Crippen molar-refractivity contribution >= 4 is 11.8 Å². The lowest BCUT2D eigenvalue weighted by molar-refractivity contribution is -0.128. The van der Waals surface area contributed by atoms with E-state index in [9.17, 15) is 9.59 Å². The summed E-state index contributed by atoms with van der Waals surface area (Å²) in [6.45, 7) is 8.46. The molecule has 2 rings (SSSR count). The fourth-order valence-corrected chi connectivity index (χ4v) is 3.15. The second kappa shape index (κ2) is 10.6. The van der Waals surface area contributed by atoms with Crippen molar-refractivity contribution in [2.24, 2.45) is 0 Å². The molecule has 0 aromatic heterocycles. The van der Waals surface area contributed by atoms with Crippen LogP contribution in [0, 0.1) is 0 Å². The highest BCUT2D eigenvalue weighted by Gasteiger charge is 2.25. The van der Waals surface area contributed by atoms with Gasteiger partial charge in [0.05, 0.1) is 18.6 Å². The van der Waals surface area contributed by atoms with Crippen LogP contribution < -0.4 is 10.6 Å². The molecular formula is C23H31N3O2. The second-order valence-electron chi connectivity index (χ2n) is 7.22. The monoisotopic (exact) mass is 381 g/mol. The first kappa shape index (κ1) is 21.6. The third-order valence-corrected chi connectivity index (χ3v) is 4.68. The fourth-order valence-electron chi connectivity index (χ4n) is 3.15. The Bertz CT molecular complexity index is 707. The fraction of sp³-hybridized carbons (Fsp3) is 0.391. The average molecular weight is 382 g/mol. The summed E-state index contributed by atoms with van der Waals surface area (Å²) in [6, 6.07) is 19.3. The molecule has 0 spiro atoms. The van der Waals surface area contributed by atoms with Crippen LogP contribution in [0.2, 0.25) is 0 Å². The van der Waals surface area contributed by atoms with Gasteiger partial charge >= 0.3 is 0 Å². The van der Waals surface area contributed by atoms with Gasteiger partial charge in [0.2, 0.25) is 11.8 Å². The maximum absolute atomic E-state index is 13.0. The normalized spacial score (nSPS) is 12.2. The molecule has 0 saturated heterocycles. The minimum Gasteiger partial charge on any atom is -0.353 e. The molecule has 0 unspecified atom stereocenters. The van der Waals surface area contributed by atoms with Crippen LogP contribution in [0.25, 0.3) is 0 Å². The molecular weight excluding hydrogens is 350 g/mol. The van der Waals surface area contributed by atoms with Gasteiger partial charge in [-0.2, -0.15) is 0 Å². The van der Waals surface area contributed by atoms with Gasteiger partial charge in [0, 0.05) is 6.04 Å². The zero-order valence-electron chi connectivity index (χ0n) is 17.2. The minimum atomic E-state index is -0.419. The Hall–Kier alpha value is -2.66. The van der Waals surface area contributed by atoms with Crippen molar-refractivity contribution in [3.63, 3.8) is 0 Å². The molecule has 150 valence electrons. The van der Waals surface area contributed by atoms with E-state index >= 15 is 0 Å². The van der Waals surface area contributed by atoms with Crippen LogP contribution in [0.4, 0.5) is 0 Å². The Kier molecular flexibility index (Phi) is 8.20. The molecule has 0 heterocycles. The minimum absolute atomic E-state index is 0.0702. The number of benzene rings is 2. The number of nitrogens with zero attached hydrogens (tertiary/aromatic N) is 1. The SMILES string of the molecule is CCN(CC(=O)NC(C)C)[C@@H](C)C(=O)NC(c1ccccc1)c1ccccc1. The Morgan fingerprint density at radius 2 is 1.36 bits per heavy atom. The Labute approximate surface area is 168 Å². The van der Waals surface area contributed by atoms with Crippen LogP contribution in [0.3, 0.4) is 0 Å². The number of carbonyl (C=O) groups excluding carboxylic acids is 2. The zero-order valence-corrected chi connectivity index (χ0v) is 17.2. The summed E-state index contributed by atoms with van der Waals surface area (Å²) in [7, 11) is 0. The van der Waals surface area contributed by atoms with E-state index in [4.69, 9.17) is 0 Å². The molecule has 5 heteroatoms. The maximum Gasteiger partial charge on any atom is 0.237 e. The van der Waals surface area contributed by atoms with Gasteiger partial charge in [0.1, 0.15) is 0 Å². The summed E-state index contributed by atoms with van der Waals surface area (Å²) in [5.74, 6) is -0.170. The first-order valence-electron chi connectivity index (χ1n) is 9.86. The van der Waals surface area contributed by atoms with Crippen molar-refractivity contribution in [1.82, 2.24) is 15.5 Å². The standard InChI is InChI=1S/C23H31N3O2/c1-5-26(16-21(27)24-17(2)3)18(4)23(28)25-22(19-12-8-6-9-13-19)20-14-10-7-11-15-20/h6-15,17-18,22H,5,16H2,1-4H3,(H,24,27)(H,25,28)/t18-/m0/s1. The Balaban J connectivity index is 2.14. The van der Waals surface area contributed by atoms with E-state index in [-0.39, 0.29) is 30.4 Å². The van der Waals surface area contributed by atoms with E-state index in [0.29, 0.717) is 6.54 Å². The molecule has 1 atom stereocenters. The van der Waals surface area contributed by atoms with Crippen molar-refractivity contribution in [3.05, 3.63) is 71.8 Å². The Morgan fingerprint density at radius 1 is 0.857 bits per heavy atom. The highest BCUT2D eigenvalue weighted by atomic mass is 16.2. The van der Waals surface area contributed by atoms with Crippen molar-refractivity contribution in [3.8, 4) is 0 Å². The quantitative estimate of drug-likeness (QED) is 0.702. The summed E-state index contributed by atoms with van der Waals surface area (Å²) < 4.78 is 0. The first-order chi connectivity index (χ1) is 13.4. The highest BCUT2D eigenvalue weighted by Crippen LogP contribution is 2.22. The van der Waals surface area contributed by atoms with Gasteiger partial charge in [-0.1, -0.05) is 67.6 Å². The predicted octanol–water partition coefficient (Wildman–Crippen LogP) is 3.13. The molecule has 2 aromatic carbocycles. The molecule has 0 aliphatic heterocycles. The third kappa shape index (κ3) is 6.20. The Morgan fingerprint density at radius 3 is 1.79 bits per heavy atom. The van der Waals surface area contributed by atoms with Crippen LogP contribution in [0.15, 0.2) is 60.7 Å². The molecule has 2 amide bonds. The number of nitrogens with one attached hydrogen (secondary N) is 2. The molecule has 0 bridgehead atoms. The van der Waals surface area contributed by atoms with Gasteiger partial charge in [-0.05, 0) is 38.4 Å². The lowest BCUT2D eigenvalue weighted by Crippen LogP contribution is -2.50. The van der Waals surface area contributed by atoms with Crippen LogP contribution in [0.1, 0.15) is 44.9 Å². The summed E-state index contributed by atoms with van der Waals surface area (Å²) in [5, 5.41) is 6.05. The van der Waals surface area contributed by atoms with Crippen LogP contribution in [-0.2, 0) is 9.59 Å². The van der Waals surface area contributed by atoms with Crippen LogP contribution in [0.5, 0.6) is 0 Å². The molecule has 0 radical (unpaired) electrons. The topological polar surface area (TPSA) is 61.4 Å². The van der Waals surface area contributed by atoms with E-state index in [2.05, 4.69) is 10.6 Å². The molecule has 2 N–H and O–H groups in total. The number of hydrogen-bond donors (Lipinski definition) is 2. The number of carbonyl (C=O) groups is 2. The molecule has 28 heavy (non-hydrogen) atoms. The molecule has 0 saturated carbocycles. The van der Waals surface area contributed by atoms with Crippen LogP contribution in [-0.4, -0.2) is 41.9 Å². The van der Waals surface area contributed by atoms with Gasteiger partial charge in [0.15, 0.2) is 0 Å². The van der Waals surface area contributed by atoms with E-state index in [1.165, 1.54) is 0 Å². The third-order valence-electron chi connectivity index (χ3n) is 4.68. The number of likely N-dealkylation sites (N-methyl/N-ethyl adjacent to an activating group) is 1. The van der Waals surface area contributed by atoms with Gasteiger partial charge in [0.25, 0.3) is 0 Å². The largest absolute Gasteiger partial charge is 0.353 e. The van der Waals surface area contributed by atoms with E-state index < -0.39 is 6.04 Å². The van der Waals surface area contributed by atoms with Crippen molar-refractivity contribution in [2.75, 3.05) is 13.1 Å². The molecule has 2 aromatic rings. The second-order valence-corrected chi connectivity index (χ2v) is 7.22. The van der Waals surface area contributed by atoms with E-state index in [1.54, 1.807) is 0 Å². The van der Waals surface area contributed by atoms with Gasteiger partial charge in [-0.25, -0.2) is 0 Å². The summed E-state index contributed by atoms with van der Waals surface area (Å²) in [6.07, 6.45) is 0. The molecule has 5 nitrogen and oxygen atoms in total. The molecule has 0 aliphatic carbocycles. The number of rotatable bonds is 9. The lowest BCUT2D eigenvalue weighted by atomic mass is 9.98. The average Bonchev–Trinajstić information content (AvgIpc) is 2.70. The van der Waals surface area contributed by atoms with Crippen LogP contribution >= 0.6 is 0 Å². The summed E-state index contributed by atoms with van der Waals surface area (Å²) >= 11 is 0. The van der Waals surface area contributed by atoms with Crippen molar-refractivity contribution < 1.29 is 9.59 Å². The van der Waals surface area contributed by atoms with E-state index in [0.717, 1.165) is 11.1 Å². The number of hydrogen-bond acceptors (Lipinski definition) is 3. The maximum atomic E-state index is 13.0. The van der Waals surface area contributed by atoms with Crippen molar-refractivity contribution in [1.29, 1.82) is 0 Å². The highest BCUT2D eigenvalue weighted by molar-refractivity contribution is 5.84. The molecule has 0 fully saturated rings. The van der Waals surface area contributed by atoms with Gasteiger partial charge in [-0.15, -0.1) is 0 Å². The molecule has 0 aliphatic rings. The zero-order chi connectivity index (χ0) is 20.5. The summed E-state index contributed by atoms with van der Waals surface area (Å²) in [4.78, 5) is 27.0. The van der Waals surface area contributed by atoms with Crippen molar-refractivity contribution in [2.45, 2.75) is 45.8 Å². The van der Waals surface area contributed by atoms with E-state index in [1.807, 2.05) is 93.3 Å². The summed E-state index contributed by atoms with van der Waals surface area (Å²) in [5.41, 5.74) is 2.05. The predicted molar refractivity (Wildman–Crippen MR) is 113 cm³/mol. The smallest absolute Gasteiger partial charge is 0.237 e. The lowest BCUT2D eigenvalue weighted by Gasteiger charge is -2.29. The van der Waals surface area contributed by atoms with Gasteiger partial charge in [-0.3, -0.25) is 14.5 Å². The number of amides is 2. The van der Waals surface area contributed by atoms with Gasteiger partial charge < -0.3 is 10.6 Å².